The van der Waals surface area contributed by atoms with E-state index in [4.69, 9.17) is 12.2 Å². The lowest BCUT2D eigenvalue weighted by Gasteiger charge is -2.30. The van der Waals surface area contributed by atoms with Crippen molar-refractivity contribution in [3.05, 3.63) is 29.8 Å². The molecule has 98 valence electrons. The van der Waals surface area contributed by atoms with E-state index in [1.54, 1.807) is 0 Å². The van der Waals surface area contributed by atoms with Crippen molar-refractivity contribution in [3.63, 3.8) is 0 Å². The summed E-state index contributed by atoms with van der Waals surface area (Å²) in [5.74, 6) is 0.719. The number of rotatable bonds is 2. The normalized spacial score (nSPS) is 23.4. The van der Waals surface area contributed by atoms with Gasteiger partial charge in [0.15, 0.2) is 5.11 Å². The fourth-order valence-electron chi connectivity index (χ4n) is 2.50. The van der Waals surface area contributed by atoms with E-state index < -0.39 is 0 Å². The highest BCUT2D eigenvalue weighted by molar-refractivity contribution is 7.80. The monoisotopic (exact) mass is 262 g/mol. The fourth-order valence-corrected chi connectivity index (χ4v) is 2.77. The van der Waals surface area contributed by atoms with Gasteiger partial charge in [-0.25, -0.2) is 0 Å². The minimum absolute atomic E-state index is 0.532. The predicted octanol–water partition coefficient (Wildman–Crippen LogP) is 3.86. The Morgan fingerprint density at radius 3 is 2.50 bits per heavy atom. The molecule has 0 bridgehead atoms. The Kier molecular flexibility index (Phi) is 4.59. The third kappa shape index (κ3) is 3.70. The second-order valence-electron chi connectivity index (χ2n) is 5.33. The Morgan fingerprint density at radius 2 is 1.83 bits per heavy atom. The molecule has 0 aliphatic heterocycles. The molecule has 0 heterocycles. The van der Waals surface area contributed by atoms with Crippen LogP contribution in [0.15, 0.2) is 24.3 Å². The van der Waals surface area contributed by atoms with Crippen molar-refractivity contribution in [2.45, 2.75) is 45.6 Å². The predicted molar refractivity (Wildman–Crippen MR) is 82.0 cm³/mol. The van der Waals surface area contributed by atoms with Gasteiger partial charge in [-0.1, -0.05) is 37.5 Å². The van der Waals surface area contributed by atoms with E-state index in [1.807, 2.05) is 0 Å². The van der Waals surface area contributed by atoms with Gasteiger partial charge in [-0.15, -0.1) is 0 Å². The van der Waals surface area contributed by atoms with Crippen molar-refractivity contribution >= 4 is 23.0 Å². The van der Waals surface area contributed by atoms with E-state index in [9.17, 15) is 0 Å². The molecule has 2 atom stereocenters. The average Bonchev–Trinajstić information content (AvgIpc) is 2.35. The lowest BCUT2D eigenvalue weighted by molar-refractivity contribution is 0.309. The highest BCUT2D eigenvalue weighted by atomic mass is 32.1. The molecule has 18 heavy (non-hydrogen) atoms. The third-order valence-corrected chi connectivity index (χ3v) is 3.96. The Bertz CT molecular complexity index is 399. The molecule has 1 saturated carbocycles. The quantitative estimate of drug-likeness (QED) is 0.791. The summed E-state index contributed by atoms with van der Waals surface area (Å²) in [5, 5.41) is 7.46. The molecule has 2 rings (SSSR count). The first-order chi connectivity index (χ1) is 8.65. The molecule has 2 N–H and O–H groups in total. The van der Waals surface area contributed by atoms with Crippen LogP contribution in [-0.4, -0.2) is 11.2 Å². The molecule has 0 amide bonds. The molecule has 0 aromatic heterocycles. The molecule has 1 aliphatic carbocycles. The van der Waals surface area contributed by atoms with Crippen molar-refractivity contribution in [2.24, 2.45) is 5.92 Å². The van der Waals surface area contributed by atoms with Gasteiger partial charge in [0.05, 0.1) is 0 Å². The molecule has 0 radical (unpaired) electrons. The summed E-state index contributed by atoms with van der Waals surface area (Å²) in [6, 6.07) is 8.84. The number of benzene rings is 1. The third-order valence-electron chi connectivity index (χ3n) is 3.74. The summed E-state index contributed by atoms with van der Waals surface area (Å²) in [6.45, 7) is 4.40. The summed E-state index contributed by atoms with van der Waals surface area (Å²) in [7, 11) is 0. The van der Waals surface area contributed by atoms with Gasteiger partial charge < -0.3 is 10.6 Å². The lowest BCUT2D eigenvalue weighted by Crippen LogP contribution is -2.43. The van der Waals surface area contributed by atoms with Crippen LogP contribution in [-0.2, 0) is 0 Å². The standard InChI is InChI=1S/C15H22N2S/c1-11-7-9-13(10-8-11)16-15(18)17-14-6-4-3-5-12(14)2/h7-10,12,14H,3-6H2,1-2H3,(H2,16,17,18)/t12-,14-/m0/s1. The second kappa shape index (κ2) is 6.19. The molecule has 1 aromatic carbocycles. The molecule has 0 spiro atoms. The first-order valence-corrected chi connectivity index (χ1v) is 7.20. The first kappa shape index (κ1) is 13.3. The topological polar surface area (TPSA) is 24.1 Å². The molecular formula is C15H22N2S. The SMILES string of the molecule is Cc1ccc(NC(=S)N[C@H]2CCCC[C@@H]2C)cc1. The average molecular weight is 262 g/mol. The molecule has 0 saturated heterocycles. The van der Waals surface area contributed by atoms with Gasteiger partial charge in [-0.2, -0.15) is 0 Å². The Hall–Kier alpha value is -1.09. The second-order valence-corrected chi connectivity index (χ2v) is 5.74. The number of hydrogen-bond donors (Lipinski definition) is 2. The van der Waals surface area contributed by atoms with Crippen LogP contribution in [0.3, 0.4) is 0 Å². The number of nitrogens with one attached hydrogen (secondary N) is 2. The van der Waals surface area contributed by atoms with Gasteiger partial charge in [0.2, 0.25) is 0 Å². The van der Waals surface area contributed by atoms with Crippen LogP contribution < -0.4 is 10.6 Å². The van der Waals surface area contributed by atoms with Crippen LogP contribution in [0.1, 0.15) is 38.2 Å². The van der Waals surface area contributed by atoms with Crippen molar-refractivity contribution in [2.75, 3.05) is 5.32 Å². The van der Waals surface area contributed by atoms with Gasteiger partial charge in [-0.3, -0.25) is 0 Å². The zero-order valence-corrected chi connectivity index (χ0v) is 12.0. The van der Waals surface area contributed by atoms with Gasteiger partial charge in [0.1, 0.15) is 0 Å². The molecule has 1 aliphatic rings. The van der Waals surface area contributed by atoms with Gasteiger partial charge in [0.25, 0.3) is 0 Å². The van der Waals surface area contributed by atoms with Crippen LogP contribution in [0.5, 0.6) is 0 Å². The van der Waals surface area contributed by atoms with Crippen LogP contribution in [0, 0.1) is 12.8 Å². The minimum Gasteiger partial charge on any atom is -0.359 e. The smallest absolute Gasteiger partial charge is 0.171 e. The summed E-state index contributed by atoms with van der Waals surface area (Å²) in [4.78, 5) is 0. The van der Waals surface area contributed by atoms with Crippen molar-refractivity contribution < 1.29 is 0 Å². The zero-order valence-electron chi connectivity index (χ0n) is 11.2. The van der Waals surface area contributed by atoms with Crippen LogP contribution in [0.4, 0.5) is 5.69 Å². The van der Waals surface area contributed by atoms with Crippen LogP contribution in [0.2, 0.25) is 0 Å². The van der Waals surface area contributed by atoms with E-state index in [1.165, 1.54) is 31.2 Å². The Labute approximate surface area is 115 Å². The van der Waals surface area contributed by atoms with E-state index in [0.717, 1.165) is 16.7 Å². The van der Waals surface area contributed by atoms with Crippen LogP contribution >= 0.6 is 12.2 Å². The highest BCUT2D eigenvalue weighted by Gasteiger charge is 2.21. The maximum atomic E-state index is 5.38. The van der Waals surface area contributed by atoms with E-state index in [-0.39, 0.29) is 0 Å². The van der Waals surface area contributed by atoms with Crippen molar-refractivity contribution in [1.29, 1.82) is 0 Å². The Balaban J connectivity index is 1.86. The number of anilines is 1. The van der Waals surface area contributed by atoms with E-state index in [2.05, 4.69) is 48.7 Å². The van der Waals surface area contributed by atoms with Crippen molar-refractivity contribution in [1.82, 2.24) is 5.32 Å². The fraction of sp³-hybridized carbons (Fsp3) is 0.533. The first-order valence-electron chi connectivity index (χ1n) is 6.79. The van der Waals surface area contributed by atoms with Gasteiger partial charge in [0, 0.05) is 11.7 Å². The maximum absolute atomic E-state index is 5.38. The summed E-state index contributed by atoms with van der Waals surface area (Å²) >= 11 is 5.38. The highest BCUT2D eigenvalue weighted by Crippen LogP contribution is 2.23. The van der Waals surface area contributed by atoms with Crippen LogP contribution in [0.25, 0.3) is 0 Å². The van der Waals surface area contributed by atoms with E-state index in [0.29, 0.717) is 6.04 Å². The molecular weight excluding hydrogens is 240 g/mol. The zero-order chi connectivity index (χ0) is 13.0. The van der Waals surface area contributed by atoms with Gasteiger partial charge >= 0.3 is 0 Å². The lowest BCUT2D eigenvalue weighted by atomic mass is 9.86. The number of aryl methyl sites for hydroxylation is 1. The summed E-state index contributed by atoms with van der Waals surface area (Å²) in [5.41, 5.74) is 2.32. The van der Waals surface area contributed by atoms with Crippen molar-refractivity contribution in [3.8, 4) is 0 Å². The molecule has 1 aromatic rings. The summed E-state index contributed by atoms with van der Waals surface area (Å²) in [6.07, 6.45) is 5.22. The molecule has 3 heteroatoms. The Morgan fingerprint density at radius 1 is 1.17 bits per heavy atom. The summed E-state index contributed by atoms with van der Waals surface area (Å²) < 4.78 is 0. The van der Waals surface area contributed by atoms with E-state index >= 15 is 0 Å². The number of hydrogen-bond acceptors (Lipinski definition) is 1. The minimum atomic E-state index is 0.532. The molecule has 2 nitrogen and oxygen atoms in total. The largest absolute Gasteiger partial charge is 0.359 e. The van der Waals surface area contributed by atoms with Gasteiger partial charge in [-0.05, 0) is 50.0 Å². The number of thiocarbonyl (C=S) groups is 1. The maximum Gasteiger partial charge on any atom is 0.171 e. The molecule has 1 fully saturated rings. The molecule has 0 unspecified atom stereocenters.